The van der Waals surface area contributed by atoms with Gasteiger partial charge in [0.25, 0.3) is 0 Å². The van der Waals surface area contributed by atoms with E-state index in [1.165, 1.54) is 18.0 Å². The van der Waals surface area contributed by atoms with Gasteiger partial charge >= 0.3 is 0 Å². The zero-order valence-electron chi connectivity index (χ0n) is 14.8. The fourth-order valence-corrected chi connectivity index (χ4v) is 2.59. The van der Waals surface area contributed by atoms with E-state index in [4.69, 9.17) is 0 Å². The van der Waals surface area contributed by atoms with Crippen LogP contribution in [0.2, 0.25) is 0 Å². The molecule has 0 aliphatic rings. The highest BCUT2D eigenvalue weighted by Crippen LogP contribution is 2.21. The minimum absolute atomic E-state index is 0.222. The molecule has 0 aliphatic heterocycles. The fourth-order valence-electron chi connectivity index (χ4n) is 2.59. The number of hydrogen-bond acceptors (Lipinski definition) is 6. The Morgan fingerprint density at radius 3 is 2.38 bits per heavy atom. The number of benzene rings is 2. The lowest BCUT2D eigenvalue weighted by Gasteiger charge is -2.21. The van der Waals surface area contributed by atoms with Crippen molar-refractivity contribution in [3.05, 3.63) is 60.5 Å². The molecule has 6 nitrogen and oxygen atoms in total. The van der Waals surface area contributed by atoms with Crippen LogP contribution < -0.4 is 15.5 Å². The largest absolute Gasteiger partial charge is 0.372 e. The van der Waals surface area contributed by atoms with Crippen molar-refractivity contribution in [2.45, 2.75) is 13.8 Å². The van der Waals surface area contributed by atoms with Gasteiger partial charge in [-0.1, -0.05) is 12.1 Å². The molecule has 2 N–H and O–H groups in total. The van der Waals surface area contributed by atoms with Gasteiger partial charge in [-0.3, -0.25) is 0 Å². The van der Waals surface area contributed by atoms with Crippen LogP contribution in [0.5, 0.6) is 0 Å². The average molecular weight is 352 g/mol. The summed E-state index contributed by atoms with van der Waals surface area (Å²) < 4.78 is 13.7. The van der Waals surface area contributed by atoms with Crippen molar-refractivity contribution in [2.75, 3.05) is 28.6 Å². The smallest absolute Gasteiger partial charge is 0.249 e. The van der Waals surface area contributed by atoms with Gasteiger partial charge < -0.3 is 15.5 Å². The summed E-state index contributed by atoms with van der Waals surface area (Å²) in [5.74, 6) is 0.371. The van der Waals surface area contributed by atoms with E-state index in [9.17, 15) is 4.39 Å². The summed E-state index contributed by atoms with van der Waals surface area (Å²) in [6.45, 7) is 6.19. The van der Waals surface area contributed by atoms with Crippen LogP contribution >= 0.6 is 0 Å². The molecule has 0 saturated carbocycles. The predicted octanol–water partition coefficient (Wildman–Crippen LogP) is 4.34. The zero-order chi connectivity index (χ0) is 18.4. The van der Waals surface area contributed by atoms with E-state index in [1.807, 2.05) is 12.1 Å². The van der Waals surface area contributed by atoms with Gasteiger partial charge in [0.05, 0.1) is 11.9 Å². The van der Waals surface area contributed by atoms with E-state index in [0.717, 1.165) is 18.8 Å². The second-order valence-corrected chi connectivity index (χ2v) is 5.61. The molecular weight excluding hydrogens is 331 g/mol. The molecule has 0 amide bonds. The highest BCUT2D eigenvalue weighted by Gasteiger charge is 2.06. The minimum Gasteiger partial charge on any atom is -0.372 e. The van der Waals surface area contributed by atoms with Crippen LogP contribution in [-0.2, 0) is 0 Å². The lowest BCUT2D eigenvalue weighted by molar-refractivity contribution is 0.631. The first-order valence-corrected chi connectivity index (χ1v) is 8.53. The molecule has 0 saturated heterocycles. The average Bonchev–Trinajstić information content (AvgIpc) is 2.66. The Hall–Kier alpha value is -3.22. The van der Waals surface area contributed by atoms with Crippen LogP contribution in [0.4, 0.5) is 33.2 Å². The van der Waals surface area contributed by atoms with Crippen LogP contribution in [0.3, 0.4) is 0 Å². The summed E-state index contributed by atoms with van der Waals surface area (Å²) in [6.07, 6.45) is 1.52. The lowest BCUT2D eigenvalue weighted by Crippen LogP contribution is -2.21. The van der Waals surface area contributed by atoms with Gasteiger partial charge in [-0.05, 0) is 50.2 Å². The van der Waals surface area contributed by atoms with Crippen molar-refractivity contribution in [3.63, 3.8) is 0 Å². The van der Waals surface area contributed by atoms with Crippen molar-refractivity contribution >= 4 is 28.8 Å². The number of nitrogens with zero attached hydrogens (tertiary/aromatic N) is 4. The summed E-state index contributed by atoms with van der Waals surface area (Å²) in [4.78, 5) is 6.59. The molecule has 134 valence electrons. The third-order valence-electron chi connectivity index (χ3n) is 3.95. The zero-order valence-corrected chi connectivity index (χ0v) is 14.8. The second kappa shape index (κ2) is 8.24. The Morgan fingerprint density at radius 1 is 0.962 bits per heavy atom. The lowest BCUT2D eigenvalue weighted by atomic mass is 10.2. The molecule has 0 spiro atoms. The van der Waals surface area contributed by atoms with Gasteiger partial charge in [-0.2, -0.15) is 10.1 Å². The third-order valence-corrected chi connectivity index (χ3v) is 3.95. The summed E-state index contributed by atoms with van der Waals surface area (Å²) in [5.41, 5.74) is 2.36. The maximum Gasteiger partial charge on any atom is 0.249 e. The van der Waals surface area contributed by atoms with Crippen LogP contribution in [0.25, 0.3) is 0 Å². The molecule has 0 aliphatic carbocycles. The molecule has 26 heavy (non-hydrogen) atoms. The minimum atomic E-state index is -0.374. The standard InChI is InChI=1S/C19H21FN6/c1-3-26(4-2)15-11-9-14(10-12-15)22-18-13-21-25-19(24-18)23-17-8-6-5-7-16(17)20/h5-13H,3-4H2,1-2H3,(H2,22,23,24,25). The molecule has 7 heteroatoms. The number of anilines is 5. The van der Waals surface area contributed by atoms with E-state index in [1.54, 1.807) is 18.2 Å². The molecular formula is C19H21FN6. The van der Waals surface area contributed by atoms with Gasteiger partial charge in [-0.15, -0.1) is 5.10 Å². The molecule has 0 fully saturated rings. The van der Waals surface area contributed by atoms with Crippen LogP contribution in [0.15, 0.2) is 54.7 Å². The number of para-hydroxylation sites is 1. The Kier molecular flexibility index (Phi) is 5.58. The van der Waals surface area contributed by atoms with E-state index in [-0.39, 0.29) is 11.8 Å². The topological polar surface area (TPSA) is 66.0 Å². The molecule has 2 aromatic carbocycles. The van der Waals surface area contributed by atoms with Crippen LogP contribution in [0.1, 0.15) is 13.8 Å². The van der Waals surface area contributed by atoms with Crippen molar-refractivity contribution in [1.82, 2.24) is 15.2 Å². The summed E-state index contributed by atoms with van der Waals surface area (Å²) in [6, 6.07) is 14.4. The Bertz CT molecular complexity index is 849. The molecule has 0 radical (unpaired) electrons. The second-order valence-electron chi connectivity index (χ2n) is 5.61. The number of aromatic nitrogens is 3. The molecule has 1 heterocycles. The van der Waals surface area contributed by atoms with E-state index < -0.39 is 0 Å². The molecule has 3 rings (SSSR count). The maximum absolute atomic E-state index is 13.7. The Balaban J connectivity index is 1.72. The number of halogens is 1. The summed E-state index contributed by atoms with van der Waals surface area (Å²) in [7, 11) is 0. The van der Waals surface area contributed by atoms with Gasteiger partial charge in [0.15, 0.2) is 5.82 Å². The van der Waals surface area contributed by atoms with Crippen molar-refractivity contribution < 1.29 is 4.39 Å². The first-order valence-electron chi connectivity index (χ1n) is 8.53. The number of hydrogen-bond donors (Lipinski definition) is 2. The number of nitrogens with one attached hydrogen (secondary N) is 2. The third kappa shape index (κ3) is 4.24. The van der Waals surface area contributed by atoms with Crippen molar-refractivity contribution in [1.29, 1.82) is 0 Å². The molecule has 3 aromatic rings. The van der Waals surface area contributed by atoms with Gasteiger partial charge in [-0.25, -0.2) is 4.39 Å². The maximum atomic E-state index is 13.7. The van der Waals surface area contributed by atoms with E-state index in [0.29, 0.717) is 11.5 Å². The van der Waals surface area contributed by atoms with E-state index in [2.05, 4.69) is 56.7 Å². The van der Waals surface area contributed by atoms with Crippen LogP contribution in [-0.4, -0.2) is 28.3 Å². The quantitative estimate of drug-likeness (QED) is 0.659. The fraction of sp³-hybridized carbons (Fsp3) is 0.211. The normalized spacial score (nSPS) is 10.4. The molecule has 0 bridgehead atoms. The SMILES string of the molecule is CCN(CC)c1ccc(Nc2cnnc(Nc3ccccc3F)n2)cc1. The number of rotatable bonds is 7. The molecule has 0 atom stereocenters. The predicted molar refractivity (Wildman–Crippen MR) is 103 cm³/mol. The Labute approximate surface area is 152 Å². The first-order chi connectivity index (χ1) is 12.7. The van der Waals surface area contributed by atoms with E-state index >= 15 is 0 Å². The highest BCUT2D eigenvalue weighted by atomic mass is 19.1. The Morgan fingerprint density at radius 2 is 1.69 bits per heavy atom. The van der Waals surface area contributed by atoms with Gasteiger partial charge in [0.2, 0.25) is 5.95 Å². The van der Waals surface area contributed by atoms with Crippen molar-refractivity contribution in [2.24, 2.45) is 0 Å². The summed E-state index contributed by atoms with van der Waals surface area (Å²) >= 11 is 0. The van der Waals surface area contributed by atoms with Gasteiger partial charge in [0, 0.05) is 24.5 Å². The monoisotopic (exact) mass is 352 g/mol. The van der Waals surface area contributed by atoms with Crippen LogP contribution in [0, 0.1) is 5.82 Å². The van der Waals surface area contributed by atoms with Gasteiger partial charge in [0.1, 0.15) is 5.82 Å². The summed E-state index contributed by atoms with van der Waals surface area (Å²) in [5, 5.41) is 13.8. The molecule has 1 aromatic heterocycles. The van der Waals surface area contributed by atoms with Crippen molar-refractivity contribution in [3.8, 4) is 0 Å². The molecule has 0 unspecified atom stereocenters. The first kappa shape index (κ1) is 17.6. The highest BCUT2D eigenvalue weighted by molar-refractivity contribution is 5.61.